The normalized spacial score (nSPS) is 13.6. The Labute approximate surface area is 186 Å². The summed E-state index contributed by atoms with van der Waals surface area (Å²) in [7, 11) is 0. The molecule has 1 N–H and O–H groups in total. The van der Waals surface area contributed by atoms with E-state index in [4.69, 9.17) is 0 Å². The Bertz CT molecular complexity index is 617. The Morgan fingerprint density at radius 1 is 0.800 bits per heavy atom. The van der Waals surface area contributed by atoms with Gasteiger partial charge in [0, 0.05) is 5.92 Å². The van der Waals surface area contributed by atoms with Gasteiger partial charge in [-0.3, -0.25) is 4.98 Å². The van der Waals surface area contributed by atoms with E-state index in [-0.39, 0.29) is 0 Å². The molecule has 0 spiro atoms. The first-order chi connectivity index (χ1) is 14.7. The molecule has 0 saturated carbocycles. The highest BCUT2D eigenvalue weighted by Crippen LogP contribution is 2.30. The molecule has 0 aliphatic heterocycles. The summed E-state index contributed by atoms with van der Waals surface area (Å²) in [6.07, 6.45) is 24.4. The second-order valence-electron chi connectivity index (χ2n) is 9.55. The Morgan fingerprint density at radius 2 is 1.40 bits per heavy atom. The lowest BCUT2D eigenvalue weighted by molar-refractivity contribution is -0.731. The SMILES string of the molecule is CCCCCCCCCCCCCC(C(Cc1ccccc1)C(C)C)[n+]1cc[nH]c1. The van der Waals surface area contributed by atoms with Gasteiger partial charge in [0.2, 0.25) is 6.33 Å². The van der Waals surface area contributed by atoms with Crippen molar-refractivity contribution < 1.29 is 4.57 Å². The molecule has 1 heterocycles. The van der Waals surface area contributed by atoms with Crippen LogP contribution < -0.4 is 4.57 Å². The van der Waals surface area contributed by atoms with Crippen LogP contribution in [0, 0.1) is 11.8 Å². The number of hydrogen-bond acceptors (Lipinski definition) is 0. The lowest BCUT2D eigenvalue weighted by Gasteiger charge is -2.28. The molecule has 1 aromatic heterocycles. The second kappa shape index (κ2) is 15.3. The number of H-pyrrole nitrogens is 1. The third-order valence-corrected chi connectivity index (χ3v) is 6.72. The predicted molar refractivity (Wildman–Crippen MR) is 130 cm³/mol. The highest BCUT2D eigenvalue weighted by atomic mass is 15.1. The topological polar surface area (TPSA) is 19.7 Å². The lowest BCUT2D eigenvalue weighted by Crippen LogP contribution is -2.44. The van der Waals surface area contributed by atoms with Crippen LogP contribution in [0.2, 0.25) is 0 Å². The summed E-state index contributed by atoms with van der Waals surface area (Å²) in [6.45, 7) is 7.09. The summed E-state index contributed by atoms with van der Waals surface area (Å²) in [4.78, 5) is 3.27. The van der Waals surface area contributed by atoms with Gasteiger partial charge in [0.15, 0.2) is 0 Å². The maximum absolute atomic E-state index is 3.27. The number of aromatic amines is 1. The van der Waals surface area contributed by atoms with Gasteiger partial charge in [-0.05, 0) is 30.7 Å². The van der Waals surface area contributed by atoms with Crippen molar-refractivity contribution in [3.05, 3.63) is 54.6 Å². The molecule has 168 valence electrons. The molecule has 2 rings (SSSR count). The smallest absolute Gasteiger partial charge is 0.241 e. The molecule has 0 radical (unpaired) electrons. The number of unbranched alkanes of at least 4 members (excludes halogenated alkanes) is 10. The first kappa shape index (κ1) is 24.7. The van der Waals surface area contributed by atoms with Crippen molar-refractivity contribution in [1.29, 1.82) is 0 Å². The molecule has 2 heteroatoms. The molecule has 30 heavy (non-hydrogen) atoms. The summed E-state index contributed by atoms with van der Waals surface area (Å²) in [6, 6.07) is 11.6. The lowest BCUT2D eigenvalue weighted by atomic mass is 9.81. The van der Waals surface area contributed by atoms with Gasteiger partial charge in [-0.2, -0.15) is 0 Å². The van der Waals surface area contributed by atoms with Crippen molar-refractivity contribution in [3.63, 3.8) is 0 Å². The number of imidazole rings is 1. The van der Waals surface area contributed by atoms with Crippen molar-refractivity contribution in [1.82, 2.24) is 4.98 Å². The van der Waals surface area contributed by atoms with Gasteiger partial charge in [0.05, 0.1) is 0 Å². The Morgan fingerprint density at radius 3 is 1.93 bits per heavy atom. The number of aromatic nitrogens is 2. The summed E-state index contributed by atoms with van der Waals surface area (Å²) < 4.78 is 2.43. The molecule has 2 unspecified atom stereocenters. The number of benzene rings is 1. The number of nitrogens with zero attached hydrogens (tertiary/aromatic N) is 1. The minimum absolute atomic E-state index is 0.579. The van der Waals surface area contributed by atoms with Crippen molar-refractivity contribution >= 4 is 0 Å². The van der Waals surface area contributed by atoms with E-state index in [0.717, 1.165) is 0 Å². The van der Waals surface area contributed by atoms with E-state index in [1.54, 1.807) is 0 Å². The van der Waals surface area contributed by atoms with Crippen LogP contribution in [-0.4, -0.2) is 4.98 Å². The Hall–Kier alpha value is -1.57. The maximum atomic E-state index is 3.27. The van der Waals surface area contributed by atoms with E-state index in [2.05, 4.69) is 79.4 Å². The molecule has 2 atom stereocenters. The summed E-state index contributed by atoms with van der Waals surface area (Å²) in [5.74, 6) is 1.33. The van der Waals surface area contributed by atoms with Crippen LogP contribution in [0.1, 0.15) is 109 Å². The van der Waals surface area contributed by atoms with Crippen LogP contribution in [0.15, 0.2) is 49.1 Å². The molecule has 0 aliphatic carbocycles. The van der Waals surface area contributed by atoms with Gasteiger partial charge >= 0.3 is 0 Å². The predicted octanol–water partition coefficient (Wildman–Crippen LogP) is 8.06. The summed E-state index contributed by atoms with van der Waals surface area (Å²) in [5, 5.41) is 0. The van der Waals surface area contributed by atoms with Crippen LogP contribution >= 0.6 is 0 Å². The molecule has 0 saturated heterocycles. The largest absolute Gasteiger partial charge is 0.250 e. The fourth-order valence-electron chi connectivity index (χ4n) is 4.81. The fraction of sp³-hybridized carbons (Fsp3) is 0.679. The van der Waals surface area contributed by atoms with Gasteiger partial charge in [0.1, 0.15) is 18.4 Å². The standard InChI is InChI=1S/C28H46N2/c1-4-5-6-7-8-9-10-11-12-13-17-20-28(30-22-21-29-24-30)27(25(2)3)23-26-18-15-14-16-19-26/h14-16,18-19,21-22,24-25,27-28H,4-13,17,20,23H2,1-3H3/p+1. The fourth-order valence-corrected chi connectivity index (χ4v) is 4.81. The Balaban J connectivity index is 1.75. The zero-order valence-corrected chi connectivity index (χ0v) is 20.0. The zero-order valence-electron chi connectivity index (χ0n) is 20.0. The van der Waals surface area contributed by atoms with Gasteiger partial charge in [-0.15, -0.1) is 0 Å². The van der Waals surface area contributed by atoms with Crippen molar-refractivity contribution in [2.24, 2.45) is 11.8 Å². The molecule has 0 bridgehead atoms. The first-order valence-corrected chi connectivity index (χ1v) is 12.8. The highest BCUT2D eigenvalue weighted by molar-refractivity contribution is 5.15. The van der Waals surface area contributed by atoms with E-state index in [9.17, 15) is 0 Å². The van der Waals surface area contributed by atoms with E-state index in [1.165, 1.54) is 89.0 Å². The third-order valence-electron chi connectivity index (χ3n) is 6.72. The molecule has 0 fully saturated rings. The third kappa shape index (κ3) is 9.49. The molecule has 2 aromatic rings. The molecule has 0 amide bonds. The van der Waals surface area contributed by atoms with Crippen molar-refractivity contribution in [2.75, 3.05) is 0 Å². The minimum Gasteiger partial charge on any atom is -0.250 e. The number of nitrogens with one attached hydrogen (secondary N) is 1. The quantitative estimate of drug-likeness (QED) is 0.201. The summed E-state index contributed by atoms with van der Waals surface area (Å²) >= 11 is 0. The van der Waals surface area contributed by atoms with Crippen LogP contribution in [-0.2, 0) is 6.42 Å². The van der Waals surface area contributed by atoms with Crippen LogP contribution in [0.4, 0.5) is 0 Å². The van der Waals surface area contributed by atoms with Crippen molar-refractivity contribution in [2.45, 2.75) is 110 Å². The molecule has 2 nitrogen and oxygen atoms in total. The van der Waals surface area contributed by atoms with Crippen molar-refractivity contribution in [3.8, 4) is 0 Å². The molecular formula is C28H47N2+. The van der Waals surface area contributed by atoms with Gasteiger partial charge in [-0.25, -0.2) is 4.57 Å². The van der Waals surface area contributed by atoms with E-state index in [1.807, 2.05) is 0 Å². The van der Waals surface area contributed by atoms with Crippen LogP contribution in [0.3, 0.4) is 0 Å². The number of rotatable bonds is 17. The minimum atomic E-state index is 0.579. The zero-order chi connectivity index (χ0) is 21.4. The molecule has 0 aliphatic rings. The monoisotopic (exact) mass is 411 g/mol. The highest BCUT2D eigenvalue weighted by Gasteiger charge is 2.29. The second-order valence-corrected chi connectivity index (χ2v) is 9.55. The first-order valence-electron chi connectivity index (χ1n) is 12.8. The number of hydrogen-bond donors (Lipinski definition) is 1. The van der Waals surface area contributed by atoms with Crippen LogP contribution in [0.25, 0.3) is 0 Å². The van der Waals surface area contributed by atoms with E-state index < -0.39 is 0 Å². The Kier molecular flexibility index (Phi) is 12.6. The molecular weight excluding hydrogens is 364 g/mol. The average molecular weight is 412 g/mol. The summed E-state index contributed by atoms with van der Waals surface area (Å²) in [5.41, 5.74) is 1.47. The van der Waals surface area contributed by atoms with Gasteiger partial charge in [0.25, 0.3) is 0 Å². The van der Waals surface area contributed by atoms with E-state index in [0.29, 0.717) is 17.9 Å². The average Bonchev–Trinajstić information content (AvgIpc) is 3.28. The van der Waals surface area contributed by atoms with Gasteiger partial charge in [-0.1, -0.05) is 115 Å². The maximum Gasteiger partial charge on any atom is 0.241 e. The van der Waals surface area contributed by atoms with Crippen LogP contribution in [0.5, 0.6) is 0 Å². The van der Waals surface area contributed by atoms with E-state index >= 15 is 0 Å². The molecule has 1 aromatic carbocycles. The van der Waals surface area contributed by atoms with Gasteiger partial charge < -0.3 is 0 Å².